The van der Waals surface area contributed by atoms with Gasteiger partial charge in [0.15, 0.2) is 0 Å². The number of piperidine rings is 1. The molecule has 1 saturated heterocycles. The zero-order chi connectivity index (χ0) is 15.7. The van der Waals surface area contributed by atoms with Gasteiger partial charge in [-0.15, -0.1) is 0 Å². The Morgan fingerprint density at radius 2 is 1.91 bits per heavy atom. The molecular formula is C17H21NO3S. The Kier molecular flexibility index (Phi) is 4.21. The molecule has 1 aliphatic heterocycles. The van der Waals surface area contributed by atoms with Crippen LogP contribution in [-0.4, -0.2) is 37.0 Å². The fourth-order valence-electron chi connectivity index (χ4n) is 3.06. The second kappa shape index (κ2) is 5.99. The van der Waals surface area contributed by atoms with E-state index in [1.54, 1.807) is 19.1 Å². The Labute approximate surface area is 131 Å². The summed E-state index contributed by atoms with van der Waals surface area (Å²) in [5.41, 5.74) is 0. The van der Waals surface area contributed by atoms with Crippen LogP contribution in [0.5, 0.6) is 0 Å². The molecule has 2 atom stereocenters. The van der Waals surface area contributed by atoms with Crippen LogP contribution in [0.2, 0.25) is 0 Å². The third-order valence-electron chi connectivity index (χ3n) is 4.46. The van der Waals surface area contributed by atoms with Gasteiger partial charge in [-0.25, -0.2) is 8.42 Å². The lowest BCUT2D eigenvalue weighted by atomic mass is 9.95. The molecule has 0 amide bonds. The highest BCUT2D eigenvalue weighted by Gasteiger charge is 2.31. The molecule has 0 spiro atoms. The van der Waals surface area contributed by atoms with Crippen molar-refractivity contribution in [2.75, 3.05) is 13.1 Å². The molecule has 1 aliphatic rings. The highest BCUT2D eigenvalue weighted by molar-refractivity contribution is 7.89. The van der Waals surface area contributed by atoms with Crippen molar-refractivity contribution in [1.82, 2.24) is 4.31 Å². The van der Waals surface area contributed by atoms with Crippen molar-refractivity contribution in [2.24, 2.45) is 5.92 Å². The zero-order valence-electron chi connectivity index (χ0n) is 12.6. The van der Waals surface area contributed by atoms with E-state index in [-0.39, 0.29) is 5.92 Å². The van der Waals surface area contributed by atoms with E-state index in [0.717, 1.165) is 23.6 Å². The van der Waals surface area contributed by atoms with Crippen LogP contribution in [0.1, 0.15) is 19.8 Å². The van der Waals surface area contributed by atoms with E-state index in [1.165, 1.54) is 4.31 Å². The minimum absolute atomic E-state index is 0.0176. The smallest absolute Gasteiger partial charge is 0.243 e. The summed E-state index contributed by atoms with van der Waals surface area (Å²) >= 11 is 0. The van der Waals surface area contributed by atoms with Gasteiger partial charge in [0.25, 0.3) is 0 Å². The molecule has 0 saturated carbocycles. The molecule has 22 heavy (non-hydrogen) atoms. The summed E-state index contributed by atoms with van der Waals surface area (Å²) in [6, 6.07) is 13.0. The summed E-state index contributed by atoms with van der Waals surface area (Å²) in [6.45, 7) is 2.65. The van der Waals surface area contributed by atoms with E-state index in [4.69, 9.17) is 0 Å². The molecule has 0 bridgehead atoms. The van der Waals surface area contributed by atoms with Crippen LogP contribution in [0.3, 0.4) is 0 Å². The molecule has 3 rings (SSSR count). The molecule has 2 unspecified atom stereocenters. The van der Waals surface area contributed by atoms with Gasteiger partial charge in [-0.1, -0.05) is 30.3 Å². The van der Waals surface area contributed by atoms with Gasteiger partial charge in [0.2, 0.25) is 10.0 Å². The summed E-state index contributed by atoms with van der Waals surface area (Å²) in [5.74, 6) is 0.0176. The van der Waals surface area contributed by atoms with E-state index >= 15 is 0 Å². The summed E-state index contributed by atoms with van der Waals surface area (Å²) in [6.07, 6.45) is 1.19. The maximum absolute atomic E-state index is 12.8. The monoisotopic (exact) mass is 319 g/mol. The lowest BCUT2D eigenvalue weighted by Gasteiger charge is -2.33. The van der Waals surface area contributed by atoms with Gasteiger partial charge in [0.1, 0.15) is 0 Å². The second-order valence-electron chi connectivity index (χ2n) is 6.01. The first-order valence-electron chi connectivity index (χ1n) is 7.65. The maximum Gasteiger partial charge on any atom is 0.243 e. The predicted molar refractivity (Wildman–Crippen MR) is 87.1 cm³/mol. The van der Waals surface area contributed by atoms with E-state index in [1.807, 2.05) is 30.3 Å². The molecule has 4 nitrogen and oxygen atoms in total. The minimum Gasteiger partial charge on any atom is -0.393 e. The fourth-order valence-corrected chi connectivity index (χ4v) is 4.63. The van der Waals surface area contributed by atoms with Crippen molar-refractivity contribution < 1.29 is 13.5 Å². The van der Waals surface area contributed by atoms with Crippen LogP contribution < -0.4 is 0 Å². The molecule has 118 valence electrons. The number of rotatable bonds is 3. The SMILES string of the molecule is CC(O)C1CCCN(S(=O)(=O)c2ccc3ccccc3c2)C1. The van der Waals surface area contributed by atoms with Gasteiger partial charge >= 0.3 is 0 Å². The Bertz CT molecular complexity index is 770. The number of sulfonamides is 1. The Morgan fingerprint density at radius 3 is 2.64 bits per heavy atom. The fraction of sp³-hybridized carbons (Fsp3) is 0.412. The van der Waals surface area contributed by atoms with Gasteiger partial charge < -0.3 is 5.11 Å². The third-order valence-corrected chi connectivity index (χ3v) is 6.32. The summed E-state index contributed by atoms with van der Waals surface area (Å²) in [5, 5.41) is 11.7. The van der Waals surface area contributed by atoms with Gasteiger partial charge in [-0.2, -0.15) is 4.31 Å². The van der Waals surface area contributed by atoms with Crippen molar-refractivity contribution in [1.29, 1.82) is 0 Å². The lowest BCUT2D eigenvalue weighted by Crippen LogP contribution is -2.42. The first-order chi connectivity index (χ1) is 10.5. The van der Waals surface area contributed by atoms with Crippen LogP contribution in [0.25, 0.3) is 10.8 Å². The maximum atomic E-state index is 12.8. The topological polar surface area (TPSA) is 57.6 Å². The number of aliphatic hydroxyl groups excluding tert-OH is 1. The molecule has 2 aromatic rings. The van der Waals surface area contributed by atoms with E-state index < -0.39 is 16.1 Å². The molecule has 5 heteroatoms. The largest absolute Gasteiger partial charge is 0.393 e. The highest BCUT2D eigenvalue weighted by Crippen LogP contribution is 2.27. The minimum atomic E-state index is -3.50. The molecule has 0 radical (unpaired) electrons. The van der Waals surface area contributed by atoms with Crippen LogP contribution in [0, 0.1) is 5.92 Å². The molecule has 1 N–H and O–H groups in total. The van der Waals surface area contributed by atoms with Crippen LogP contribution in [-0.2, 0) is 10.0 Å². The van der Waals surface area contributed by atoms with Crippen molar-refractivity contribution in [2.45, 2.75) is 30.8 Å². The van der Waals surface area contributed by atoms with E-state index in [0.29, 0.717) is 18.0 Å². The number of nitrogens with zero attached hydrogens (tertiary/aromatic N) is 1. The number of hydrogen-bond donors (Lipinski definition) is 1. The quantitative estimate of drug-likeness (QED) is 0.946. The average molecular weight is 319 g/mol. The van der Waals surface area contributed by atoms with Gasteiger partial charge in [0, 0.05) is 13.1 Å². The van der Waals surface area contributed by atoms with E-state index in [9.17, 15) is 13.5 Å². The van der Waals surface area contributed by atoms with Gasteiger partial charge in [-0.3, -0.25) is 0 Å². The Balaban J connectivity index is 1.93. The number of hydrogen-bond acceptors (Lipinski definition) is 3. The molecular weight excluding hydrogens is 298 g/mol. The molecule has 2 aromatic carbocycles. The van der Waals surface area contributed by atoms with Crippen molar-refractivity contribution in [3.8, 4) is 0 Å². The molecule has 1 heterocycles. The Morgan fingerprint density at radius 1 is 1.18 bits per heavy atom. The second-order valence-corrected chi connectivity index (χ2v) is 7.95. The van der Waals surface area contributed by atoms with Crippen molar-refractivity contribution in [3.63, 3.8) is 0 Å². The Hall–Kier alpha value is -1.43. The van der Waals surface area contributed by atoms with Crippen LogP contribution in [0.4, 0.5) is 0 Å². The average Bonchev–Trinajstić information content (AvgIpc) is 2.54. The van der Waals surface area contributed by atoms with Crippen molar-refractivity contribution >= 4 is 20.8 Å². The van der Waals surface area contributed by atoms with Gasteiger partial charge in [0.05, 0.1) is 11.0 Å². The first kappa shape index (κ1) is 15.5. The molecule has 0 aliphatic carbocycles. The standard InChI is InChI=1S/C17H21NO3S/c1-13(19)16-7-4-10-18(12-16)22(20,21)17-9-8-14-5-2-3-6-15(14)11-17/h2-3,5-6,8-9,11,13,16,19H,4,7,10,12H2,1H3. The predicted octanol–water partition coefficient (Wildman–Crippen LogP) is 2.62. The third kappa shape index (κ3) is 2.89. The zero-order valence-corrected chi connectivity index (χ0v) is 13.5. The molecule has 0 aromatic heterocycles. The lowest BCUT2D eigenvalue weighted by molar-refractivity contribution is 0.0885. The van der Waals surface area contributed by atoms with Crippen LogP contribution >= 0.6 is 0 Å². The number of benzene rings is 2. The summed E-state index contributed by atoms with van der Waals surface area (Å²) < 4.78 is 27.2. The molecule has 1 fully saturated rings. The van der Waals surface area contributed by atoms with Crippen LogP contribution in [0.15, 0.2) is 47.4 Å². The number of fused-ring (bicyclic) bond motifs is 1. The number of aliphatic hydroxyl groups is 1. The van der Waals surface area contributed by atoms with Gasteiger partial charge in [-0.05, 0) is 48.6 Å². The first-order valence-corrected chi connectivity index (χ1v) is 9.09. The highest BCUT2D eigenvalue weighted by atomic mass is 32.2. The normalized spacial score (nSPS) is 21.8. The van der Waals surface area contributed by atoms with E-state index in [2.05, 4.69) is 0 Å². The van der Waals surface area contributed by atoms with Crippen molar-refractivity contribution in [3.05, 3.63) is 42.5 Å². The summed E-state index contributed by atoms with van der Waals surface area (Å²) in [7, 11) is -3.50. The summed E-state index contributed by atoms with van der Waals surface area (Å²) in [4.78, 5) is 0.331.